The van der Waals surface area contributed by atoms with Crippen LogP contribution in [0, 0.1) is 10.1 Å². The fourth-order valence-corrected chi connectivity index (χ4v) is 2.35. The standard InChI is InChI=1S/C17H19N5O5/c1-3-27-17(24)21-13-9-12(14(22(25)26)16(18)20-13)19-10(2)15(23)11-7-5-4-6-8-11/h4-10H,3H2,1-2H3,(H4,18,19,20,21,24)/t10-/m0/s1. The summed E-state index contributed by atoms with van der Waals surface area (Å²) in [6, 6.07) is 8.93. The molecule has 10 nitrogen and oxygen atoms in total. The molecule has 1 atom stereocenters. The molecule has 0 aliphatic heterocycles. The number of ketones is 1. The second kappa shape index (κ2) is 8.61. The van der Waals surface area contributed by atoms with Crippen LogP contribution >= 0.6 is 0 Å². The summed E-state index contributed by atoms with van der Waals surface area (Å²) in [5.41, 5.74) is 5.58. The Kier molecular flexibility index (Phi) is 6.26. The van der Waals surface area contributed by atoms with Crippen molar-refractivity contribution < 1.29 is 19.2 Å². The van der Waals surface area contributed by atoms with E-state index in [0.717, 1.165) is 0 Å². The summed E-state index contributed by atoms with van der Waals surface area (Å²) in [4.78, 5) is 38.5. The van der Waals surface area contributed by atoms with Crippen molar-refractivity contribution in [3.63, 3.8) is 0 Å². The smallest absolute Gasteiger partial charge is 0.412 e. The molecule has 0 aliphatic carbocycles. The maximum absolute atomic E-state index is 12.5. The number of nitro groups is 1. The molecule has 0 saturated heterocycles. The lowest BCUT2D eigenvalue weighted by atomic mass is 10.1. The zero-order chi connectivity index (χ0) is 20.0. The highest BCUT2D eigenvalue weighted by molar-refractivity contribution is 6.01. The van der Waals surface area contributed by atoms with Gasteiger partial charge in [-0.15, -0.1) is 0 Å². The summed E-state index contributed by atoms with van der Waals surface area (Å²) < 4.78 is 4.74. The van der Waals surface area contributed by atoms with Gasteiger partial charge in [0.15, 0.2) is 5.78 Å². The molecule has 1 amide bonds. The minimum atomic E-state index is -0.789. The molecule has 0 saturated carbocycles. The van der Waals surface area contributed by atoms with E-state index in [1.807, 2.05) is 0 Å². The summed E-state index contributed by atoms with van der Waals surface area (Å²) in [5.74, 6) is -0.713. The number of benzene rings is 1. The van der Waals surface area contributed by atoms with Gasteiger partial charge in [0.1, 0.15) is 11.5 Å². The van der Waals surface area contributed by atoms with Crippen LogP contribution in [0.3, 0.4) is 0 Å². The predicted molar refractivity (Wildman–Crippen MR) is 99.8 cm³/mol. The highest BCUT2D eigenvalue weighted by atomic mass is 16.6. The number of hydrogen-bond donors (Lipinski definition) is 3. The Morgan fingerprint density at radius 1 is 1.33 bits per heavy atom. The molecule has 10 heteroatoms. The average Bonchev–Trinajstić information content (AvgIpc) is 2.61. The van der Waals surface area contributed by atoms with Gasteiger partial charge in [0.25, 0.3) is 0 Å². The van der Waals surface area contributed by atoms with Crippen molar-refractivity contribution >= 4 is 34.9 Å². The third-order valence-electron chi connectivity index (χ3n) is 3.53. The Balaban J connectivity index is 2.32. The minimum absolute atomic E-state index is 0.0431. The largest absolute Gasteiger partial charge is 0.450 e. The van der Waals surface area contributed by atoms with Gasteiger partial charge in [0.05, 0.1) is 17.6 Å². The summed E-state index contributed by atoms with van der Waals surface area (Å²) in [7, 11) is 0. The van der Waals surface area contributed by atoms with Gasteiger partial charge >= 0.3 is 11.8 Å². The van der Waals surface area contributed by atoms with Crippen LogP contribution in [-0.4, -0.2) is 34.4 Å². The van der Waals surface area contributed by atoms with E-state index in [4.69, 9.17) is 10.5 Å². The van der Waals surface area contributed by atoms with Crippen LogP contribution in [0.15, 0.2) is 36.4 Å². The number of nitrogens with two attached hydrogens (primary N) is 1. The molecule has 0 spiro atoms. The van der Waals surface area contributed by atoms with Crippen molar-refractivity contribution in [2.75, 3.05) is 23.0 Å². The number of nitrogens with zero attached hydrogens (tertiary/aromatic N) is 2. The number of carbonyl (C=O) groups is 2. The van der Waals surface area contributed by atoms with E-state index in [1.165, 1.54) is 6.07 Å². The fourth-order valence-electron chi connectivity index (χ4n) is 2.35. The molecule has 1 heterocycles. The van der Waals surface area contributed by atoms with Gasteiger partial charge in [-0.05, 0) is 13.8 Å². The highest BCUT2D eigenvalue weighted by Crippen LogP contribution is 2.32. The van der Waals surface area contributed by atoms with Crippen molar-refractivity contribution in [3.05, 3.63) is 52.1 Å². The topological polar surface area (TPSA) is 149 Å². The zero-order valence-corrected chi connectivity index (χ0v) is 14.8. The quantitative estimate of drug-likeness (QED) is 0.381. The number of aromatic nitrogens is 1. The van der Waals surface area contributed by atoms with E-state index in [0.29, 0.717) is 5.56 Å². The van der Waals surface area contributed by atoms with Crippen LogP contribution in [0.5, 0.6) is 0 Å². The number of nitrogens with one attached hydrogen (secondary N) is 2. The first-order valence-electron chi connectivity index (χ1n) is 8.08. The number of amides is 1. The lowest BCUT2D eigenvalue weighted by molar-refractivity contribution is -0.383. The van der Waals surface area contributed by atoms with E-state index < -0.39 is 28.6 Å². The maximum atomic E-state index is 12.5. The molecule has 142 valence electrons. The molecule has 0 radical (unpaired) electrons. The van der Waals surface area contributed by atoms with Crippen LogP contribution in [0.25, 0.3) is 0 Å². The second-order valence-corrected chi connectivity index (χ2v) is 5.49. The van der Waals surface area contributed by atoms with Crippen molar-refractivity contribution in [1.29, 1.82) is 0 Å². The van der Waals surface area contributed by atoms with Gasteiger partial charge in [-0.3, -0.25) is 20.2 Å². The Bertz CT molecular complexity index is 856. The average molecular weight is 373 g/mol. The summed E-state index contributed by atoms with van der Waals surface area (Å²) in [6.45, 7) is 3.33. The van der Waals surface area contributed by atoms with Gasteiger partial charge in [0.2, 0.25) is 5.82 Å². The first-order chi connectivity index (χ1) is 12.8. The number of anilines is 3. The number of Topliss-reactive ketones (excluding diaryl/α,β-unsaturated/α-hetero) is 1. The van der Waals surface area contributed by atoms with Crippen LogP contribution < -0.4 is 16.4 Å². The van der Waals surface area contributed by atoms with Gasteiger partial charge in [0, 0.05) is 11.6 Å². The van der Waals surface area contributed by atoms with Crippen LogP contribution in [0.1, 0.15) is 24.2 Å². The zero-order valence-electron chi connectivity index (χ0n) is 14.8. The van der Waals surface area contributed by atoms with E-state index in [1.54, 1.807) is 44.2 Å². The maximum Gasteiger partial charge on any atom is 0.412 e. The van der Waals surface area contributed by atoms with Gasteiger partial charge in [-0.1, -0.05) is 30.3 Å². The van der Waals surface area contributed by atoms with Gasteiger partial charge < -0.3 is 15.8 Å². The molecule has 4 N–H and O–H groups in total. The molecule has 0 fully saturated rings. The Morgan fingerprint density at radius 2 is 2.00 bits per heavy atom. The number of nitrogen functional groups attached to an aromatic ring is 1. The number of ether oxygens (including phenoxy) is 1. The first kappa shape index (κ1) is 19.6. The van der Waals surface area contributed by atoms with Crippen molar-refractivity contribution in [1.82, 2.24) is 4.98 Å². The number of rotatable bonds is 7. The molecule has 1 aromatic heterocycles. The molecule has 0 aliphatic rings. The molecule has 0 unspecified atom stereocenters. The summed E-state index contributed by atoms with van der Waals surface area (Å²) in [5, 5.41) is 16.4. The third kappa shape index (κ3) is 4.91. The summed E-state index contributed by atoms with van der Waals surface area (Å²) >= 11 is 0. The highest BCUT2D eigenvalue weighted by Gasteiger charge is 2.25. The predicted octanol–water partition coefficient (Wildman–Crippen LogP) is 2.82. The fraction of sp³-hybridized carbons (Fsp3) is 0.235. The Labute approximate surface area is 154 Å². The van der Waals surface area contributed by atoms with Gasteiger partial charge in [-0.25, -0.2) is 9.78 Å². The van der Waals surface area contributed by atoms with Crippen molar-refractivity contribution in [2.24, 2.45) is 0 Å². The van der Waals surface area contributed by atoms with Crippen molar-refractivity contribution in [2.45, 2.75) is 19.9 Å². The normalized spacial score (nSPS) is 11.3. The lowest BCUT2D eigenvalue weighted by Crippen LogP contribution is -2.27. The van der Waals surface area contributed by atoms with Crippen LogP contribution in [-0.2, 0) is 4.74 Å². The Morgan fingerprint density at radius 3 is 2.59 bits per heavy atom. The molecular weight excluding hydrogens is 354 g/mol. The molecule has 27 heavy (non-hydrogen) atoms. The minimum Gasteiger partial charge on any atom is -0.450 e. The molecule has 2 rings (SSSR count). The lowest BCUT2D eigenvalue weighted by Gasteiger charge is -2.16. The summed E-state index contributed by atoms with van der Waals surface area (Å²) in [6.07, 6.45) is -0.780. The number of pyridine rings is 1. The second-order valence-electron chi connectivity index (χ2n) is 5.49. The number of carbonyl (C=O) groups excluding carboxylic acids is 2. The van der Waals surface area contributed by atoms with E-state index in [-0.39, 0.29) is 23.9 Å². The van der Waals surface area contributed by atoms with Gasteiger partial charge in [-0.2, -0.15) is 0 Å². The number of hydrogen-bond acceptors (Lipinski definition) is 8. The monoisotopic (exact) mass is 373 g/mol. The van der Waals surface area contributed by atoms with E-state index >= 15 is 0 Å². The van der Waals surface area contributed by atoms with E-state index in [9.17, 15) is 19.7 Å². The van der Waals surface area contributed by atoms with Crippen LogP contribution in [0.4, 0.5) is 27.8 Å². The molecule has 0 bridgehead atoms. The third-order valence-corrected chi connectivity index (χ3v) is 3.53. The Hall–Kier alpha value is -3.69. The SMILES string of the molecule is CCOC(=O)Nc1cc(N[C@@H](C)C(=O)c2ccccc2)c([N+](=O)[O-])c(N)n1. The molecular formula is C17H19N5O5. The molecule has 2 aromatic rings. The van der Waals surface area contributed by atoms with Crippen molar-refractivity contribution in [3.8, 4) is 0 Å². The van der Waals surface area contributed by atoms with Crippen LogP contribution in [0.2, 0.25) is 0 Å². The first-order valence-corrected chi connectivity index (χ1v) is 8.08. The molecule has 1 aromatic carbocycles. The van der Waals surface area contributed by atoms with E-state index in [2.05, 4.69) is 15.6 Å².